The average Bonchev–Trinajstić information content (AvgIpc) is 2.43. The Labute approximate surface area is 133 Å². The van der Waals surface area contributed by atoms with Gasteiger partial charge in [-0.25, -0.2) is 4.39 Å². The predicted molar refractivity (Wildman–Crippen MR) is 85.0 cm³/mol. The molecule has 2 aromatic rings. The van der Waals surface area contributed by atoms with Crippen molar-refractivity contribution < 1.29 is 9.13 Å². The van der Waals surface area contributed by atoms with Crippen LogP contribution in [0.3, 0.4) is 0 Å². The third-order valence-electron chi connectivity index (χ3n) is 3.08. The van der Waals surface area contributed by atoms with Crippen molar-refractivity contribution in [3.05, 3.63) is 57.8 Å². The number of hydrogen-bond donors (Lipinski definition) is 1. The first-order valence-electron chi connectivity index (χ1n) is 6.67. The van der Waals surface area contributed by atoms with Gasteiger partial charge in [0.2, 0.25) is 0 Å². The van der Waals surface area contributed by atoms with Gasteiger partial charge in [-0.05, 0) is 37.7 Å². The second-order valence-electron chi connectivity index (χ2n) is 4.61. The van der Waals surface area contributed by atoms with Crippen LogP contribution in [0.15, 0.2) is 36.4 Å². The van der Waals surface area contributed by atoms with Crippen molar-refractivity contribution in [2.24, 2.45) is 0 Å². The monoisotopic (exact) mass is 327 g/mol. The fraction of sp³-hybridized carbons (Fsp3) is 0.250. The minimum atomic E-state index is -0.305. The van der Waals surface area contributed by atoms with Crippen molar-refractivity contribution in [3.8, 4) is 11.5 Å². The van der Waals surface area contributed by atoms with Gasteiger partial charge in [0.1, 0.15) is 17.3 Å². The molecule has 21 heavy (non-hydrogen) atoms. The van der Waals surface area contributed by atoms with Crippen LogP contribution in [0.5, 0.6) is 11.5 Å². The van der Waals surface area contributed by atoms with Crippen molar-refractivity contribution in [1.29, 1.82) is 0 Å². The molecular formula is C16H16Cl2FNO. The zero-order valence-corrected chi connectivity index (χ0v) is 13.3. The molecule has 0 aliphatic heterocycles. The summed E-state index contributed by atoms with van der Waals surface area (Å²) < 4.78 is 19.9. The fourth-order valence-corrected chi connectivity index (χ4v) is 2.39. The van der Waals surface area contributed by atoms with Crippen molar-refractivity contribution in [1.82, 2.24) is 5.32 Å². The van der Waals surface area contributed by atoms with Crippen LogP contribution in [0.1, 0.15) is 25.5 Å². The van der Waals surface area contributed by atoms with E-state index in [4.69, 9.17) is 27.9 Å². The number of halogens is 3. The van der Waals surface area contributed by atoms with Crippen LogP contribution in [0.4, 0.5) is 4.39 Å². The molecule has 0 fully saturated rings. The number of ether oxygens (including phenoxy) is 1. The summed E-state index contributed by atoms with van der Waals surface area (Å²) in [6.45, 7) is 4.60. The molecule has 0 aliphatic rings. The summed E-state index contributed by atoms with van der Waals surface area (Å²) in [5.41, 5.74) is 0.491. The smallest absolute Gasteiger partial charge is 0.135 e. The quantitative estimate of drug-likeness (QED) is 0.772. The van der Waals surface area contributed by atoms with E-state index >= 15 is 0 Å². The normalized spacial score (nSPS) is 12.2. The van der Waals surface area contributed by atoms with E-state index < -0.39 is 0 Å². The lowest BCUT2D eigenvalue weighted by Gasteiger charge is -2.18. The Kier molecular flexibility index (Phi) is 5.45. The van der Waals surface area contributed by atoms with E-state index in [9.17, 15) is 4.39 Å². The van der Waals surface area contributed by atoms with E-state index in [-0.39, 0.29) is 11.9 Å². The van der Waals surface area contributed by atoms with Crippen molar-refractivity contribution in [3.63, 3.8) is 0 Å². The van der Waals surface area contributed by atoms with Gasteiger partial charge in [0.05, 0.1) is 10.0 Å². The van der Waals surface area contributed by atoms with Gasteiger partial charge < -0.3 is 10.1 Å². The van der Waals surface area contributed by atoms with Gasteiger partial charge in [-0.2, -0.15) is 0 Å². The second-order valence-corrected chi connectivity index (χ2v) is 5.42. The minimum Gasteiger partial charge on any atom is -0.457 e. The topological polar surface area (TPSA) is 21.3 Å². The molecule has 112 valence electrons. The molecule has 1 N–H and O–H groups in total. The van der Waals surface area contributed by atoms with Gasteiger partial charge in [-0.3, -0.25) is 0 Å². The van der Waals surface area contributed by atoms with E-state index in [1.54, 1.807) is 30.3 Å². The highest BCUT2D eigenvalue weighted by Gasteiger charge is 2.16. The standard InChI is InChI=1S/C16H16Cl2FNO/c1-3-20-10(2)16-14(19)5-4-6-15(16)21-11-7-8-12(17)13(18)9-11/h4-10,20H,3H2,1-2H3. The molecule has 5 heteroatoms. The highest BCUT2D eigenvalue weighted by molar-refractivity contribution is 6.42. The maximum absolute atomic E-state index is 14.1. The molecule has 0 aliphatic carbocycles. The van der Waals surface area contributed by atoms with Gasteiger partial charge in [0, 0.05) is 17.7 Å². The molecule has 1 atom stereocenters. The predicted octanol–water partition coefficient (Wildman–Crippen LogP) is 5.60. The van der Waals surface area contributed by atoms with E-state index in [0.717, 1.165) is 6.54 Å². The Morgan fingerprint density at radius 3 is 2.62 bits per heavy atom. The SMILES string of the molecule is CCNC(C)c1c(F)cccc1Oc1ccc(Cl)c(Cl)c1. The molecular weight excluding hydrogens is 312 g/mol. The van der Waals surface area contributed by atoms with Crippen LogP contribution in [-0.4, -0.2) is 6.54 Å². The number of nitrogens with one attached hydrogen (secondary N) is 1. The minimum absolute atomic E-state index is 0.158. The van der Waals surface area contributed by atoms with E-state index in [1.165, 1.54) is 6.07 Å². The van der Waals surface area contributed by atoms with Crippen molar-refractivity contribution in [2.45, 2.75) is 19.9 Å². The lowest BCUT2D eigenvalue weighted by Crippen LogP contribution is -2.19. The molecule has 2 aromatic carbocycles. The zero-order chi connectivity index (χ0) is 15.4. The lowest BCUT2D eigenvalue weighted by molar-refractivity contribution is 0.448. The van der Waals surface area contributed by atoms with Crippen LogP contribution < -0.4 is 10.1 Å². The molecule has 2 rings (SSSR count). The molecule has 0 spiro atoms. The van der Waals surface area contributed by atoms with Gasteiger partial charge in [-0.1, -0.05) is 36.2 Å². The largest absolute Gasteiger partial charge is 0.457 e. The van der Waals surface area contributed by atoms with Gasteiger partial charge in [-0.15, -0.1) is 0 Å². The molecule has 0 heterocycles. The van der Waals surface area contributed by atoms with E-state index in [1.807, 2.05) is 13.8 Å². The van der Waals surface area contributed by atoms with Gasteiger partial charge in [0.15, 0.2) is 0 Å². The molecule has 0 saturated heterocycles. The van der Waals surface area contributed by atoms with Crippen molar-refractivity contribution in [2.75, 3.05) is 6.54 Å². The fourth-order valence-electron chi connectivity index (χ4n) is 2.10. The molecule has 2 nitrogen and oxygen atoms in total. The molecule has 1 unspecified atom stereocenters. The first-order chi connectivity index (χ1) is 10.0. The van der Waals surface area contributed by atoms with Crippen LogP contribution in [0, 0.1) is 5.82 Å². The van der Waals surface area contributed by atoms with E-state index in [0.29, 0.717) is 27.1 Å². The Hall–Kier alpha value is -1.29. The molecule has 0 saturated carbocycles. The first kappa shape index (κ1) is 16.1. The summed E-state index contributed by atoms with van der Waals surface area (Å²) in [5, 5.41) is 4.03. The molecule has 0 aromatic heterocycles. The molecule has 0 bridgehead atoms. The first-order valence-corrected chi connectivity index (χ1v) is 7.43. The summed E-state index contributed by atoms with van der Waals surface area (Å²) in [4.78, 5) is 0. The summed E-state index contributed by atoms with van der Waals surface area (Å²) in [6, 6.07) is 9.56. The Morgan fingerprint density at radius 1 is 1.19 bits per heavy atom. The maximum atomic E-state index is 14.1. The van der Waals surface area contributed by atoms with Crippen LogP contribution in [0.2, 0.25) is 10.0 Å². The third-order valence-corrected chi connectivity index (χ3v) is 3.81. The zero-order valence-electron chi connectivity index (χ0n) is 11.8. The van der Waals surface area contributed by atoms with Crippen molar-refractivity contribution >= 4 is 23.2 Å². The van der Waals surface area contributed by atoms with Gasteiger partial charge >= 0.3 is 0 Å². The lowest BCUT2D eigenvalue weighted by atomic mass is 10.1. The van der Waals surface area contributed by atoms with Crippen LogP contribution in [-0.2, 0) is 0 Å². The summed E-state index contributed by atoms with van der Waals surface area (Å²) >= 11 is 11.8. The second kappa shape index (κ2) is 7.12. The molecule has 0 amide bonds. The van der Waals surface area contributed by atoms with Gasteiger partial charge in [0.25, 0.3) is 0 Å². The van der Waals surface area contributed by atoms with Crippen LogP contribution >= 0.6 is 23.2 Å². The Balaban J connectivity index is 2.35. The average molecular weight is 328 g/mol. The van der Waals surface area contributed by atoms with E-state index in [2.05, 4.69) is 5.32 Å². The maximum Gasteiger partial charge on any atom is 0.135 e. The third kappa shape index (κ3) is 3.88. The molecule has 0 radical (unpaired) electrons. The number of hydrogen-bond acceptors (Lipinski definition) is 2. The Bertz CT molecular complexity index is 634. The highest BCUT2D eigenvalue weighted by atomic mass is 35.5. The highest BCUT2D eigenvalue weighted by Crippen LogP contribution is 2.34. The Morgan fingerprint density at radius 2 is 1.95 bits per heavy atom. The summed E-state index contributed by atoms with van der Waals surface area (Å²) in [7, 11) is 0. The summed E-state index contributed by atoms with van der Waals surface area (Å²) in [6.07, 6.45) is 0. The number of benzene rings is 2. The number of rotatable bonds is 5. The van der Waals surface area contributed by atoms with Crippen LogP contribution in [0.25, 0.3) is 0 Å². The summed E-state index contributed by atoms with van der Waals surface area (Å²) in [5.74, 6) is 0.669.